The summed E-state index contributed by atoms with van der Waals surface area (Å²) in [4.78, 5) is 23.3. The maximum Gasteiger partial charge on any atom is 1.00 e. The van der Waals surface area contributed by atoms with Crippen molar-refractivity contribution < 1.29 is 68.3 Å². The summed E-state index contributed by atoms with van der Waals surface area (Å²) in [6, 6.07) is 9.74. The van der Waals surface area contributed by atoms with Crippen LogP contribution in [0.15, 0.2) is 36.4 Å². The fourth-order valence-corrected chi connectivity index (χ4v) is 3.45. The van der Waals surface area contributed by atoms with Crippen molar-refractivity contribution in [1.82, 2.24) is 0 Å². The van der Waals surface area contributed by atoms with E-state index in [0.717, 1.165) is 0 Å². The largest absolute Gasteiger partial charge is 1.00 e. The van der Waals surface area contributed by atoms with Crippen LogP contribution in [-0.2, 0) is 9.59 Å². The third-order valence-electron chi connectivity index (χ3n) is 4.74. The van der Waals surface area contributed by atoms with Crippen LogP contribution in [-0.4, -0.2) is 50.9 Å². The van der Waals surface area contributed by atoms with Crippen molar-refractivity contribution in [2.45, 2.75) is 12.5 Å². The summed E-state index contributed by atoms with van der Waals surface area (Å²) in [5, 5.41) is 21.1. The van der Waals surface area contributed by atoms with Crippen molar-refractivity contribution in [3.63, 3.8) is 0 Å². The Morgan fingerprint density at radius 2 is 1.61 bits per heavy atom. The average molecular weight is 436 g/mol. The molecule has 31 heavy (non-hydrogen) atoms. The van der Waals surface area contributed by atoms with Gasteiger partial charge in [-0.2, -0.15) is 0 Å². The molecule has 2 aromatic rings. The van der Waals surface area contributed by atoms with Gasteiger partial charge >= 0.3 is 29.6 Å². The van der Waals surface area contributed by atoms with E-state index in [-0.39, 0.29) is 41.8 Å². The molecule has 0 saturated heterocycles. The molecule has 0 heterocycles. The fourth-order valence-electron chi connectivity index (χ4n) is 3.45. The van der Waals surface area contributed by atoms with Crippen molar-refractivity contribution in [3.8, 4) is 23.0 Å². The quantitative estimate of drug-likeness (QED) is 0.477. The Balaban J connectivity index is 0.00000341. The zero-order chi connectivity index (χ0) is 21.8. The Kier molecular flexibility index (Phi) is 8.52. The van der Waals surface area contributed by atoms with Gasteiger partial charge in [-0.3, -0.25) is 4.79 Å². The summed E-state index contributed by atoms with van der Waals surface area (Å²) in [6.07, 6.45) is -1.04. The van der Waals surface area contributed by atoms with E-state index < -0.39 is 18.7 Å². The van der Waals surface area contributed by atoms with Gasteiger partial charge in [-0.25, -0.2) is 0 Å². The SMILES string of the molecule is COc1cc(C2=C(c3ccc(OCC(=O)[O-])cc3)C(O)CC2=O)cc(OC)c1OC.[Na+]. The van der Waals surface area contributed by atoms with E-state index >= 15 is 0 Å². The first-order valence-corrected chi connectivity index (χ1v) is 9.08. The van der Waals surface area contributed by atoms with Crippen LogP contribution in [0.1, 0.15) is 17.5 Å². The number of aliphatic hydroxyl groups is 1. The number of allylic oxidation sites excluding steroid dienone is 1. The van der Waals surface area contributed by atoms with Gasteiger partial charge in [0.25, 0.3) is 0 Å². The van der Waals surface area contributed by atoms with Crippen LogP contribution >= 0.6 is 0 Å². The number of carboxylic acids is 1. The van der Waals surface area contributed by atoms with Crippen LogP contribution in [0.2, 0.25) is 0 Å². The summed E-state index contributed by atoms with van der Waals surface area (Å²) in [7, 11) is 4.44. The van der Waals surface area contributed by atoms with Crippen LogP contribution in [0, 0.1) is 0 Å². The van der Waals surface area contributed by atoms with E-state index in [1.165, 1.54) is 21.3 Å². The number of Topliss-reactive ketones (excluding diaryl/α,β-unsaturated/α-hetero) is 1. The van der Waals surface area contributed by atoms with E-state index in [1.54, 1.807) is 36.4 Å². The number of hydrogen-bond acceptors (Lipinski definition) is 8. The molecular formula is C22H21NaO8. The summed E-state index contributed by atoms with van der Waals surface area (Å²) in [6.45, 7) is -0.570. The first-order valence-electron chi connectivity index (χ1n) is 9.08. The van der Waals surface area contributed by atoms with Crippen molar-refractivity contribution in [3.05, 3.63) is 47.5 Å². The summed E-state index contributed by atoms with van der Waals surface area (Å²) in [5.74, 6) is -0.0480. The Morgan fingerprint density at radius 1 is 1.03 bits per heavy atom. The number of ether oxygens (including phenoxy) is 4. The van der Waals surface area contributed by atoms with Crippen LogP contribution in [0.4, 0.5) is 0 Å². The van der Waals surface area contributed by atoms with Gasteiger partial charge in [0.05, 0.1) is 33.4 Å². The van der Waals surface area contributed by atoms with Gasteiger partial charge in [0.15, 0.2) is 17.3 Å². The van der Waals surface area contributed by atoms with Gasteiger partial charge in [-0.1, -0.05) is 12.1 Å². The molecule has 0 bridgehead atoms. The molecule has 9 heteroatoms. The number of carbonyl (C=O) groups excluding carboxylic acids is 2. The maximum atomic E-state index is 12.7. The molecular weight excluding hydrogens is 415 g/mol. The number of rotatable bonds is 8. The zero-order valence-electron chi connectivity index (χ0n) is 17.8. The third-order valence-corrected chi connectivity index (χ3v) is 4.74. The Labute approximate surface area is 201 Å². The minimum atomic E-state index is -1.33. The molecule has 0 amide bonds. The van der Waals surface area contributed by atoms with E-state index in [9.17, 15) is 19.8 Å². The van der Waals surface area contributed by atoms with Gasteiger partial charge in [0.2, 0.25) is 5.75 Å². The number of methoxy groups -OCH3 is 3. The van der Waals surface area contributed by atoms with Gasteiger partial charge < -0.3 is 34.0 Å². The molecule has 1 unspecified atom stereocenters. The fraction of sp³-hybridized carbons (Fsp3) is 0.273. The molecule has 3 rings (SSSR count). The van der Waals surface area contributed by atoms with Crippen LogP contribution < -0.4 is 53.6 Å². The monoisotopic (exact) mass is 436 g/mol. The number of benzene rings is 2. The molecule has 0 spiro atoms. The van der Waals surface area contributed by atoms with Crippen molar-refractivity contribution in [2.75, 3.05) is 27.9 Å². The molecule has 1 aliphatic rings. The second-order valence-corrected chi connectivity index (χ2v) is 6.53. The molecule has 1 atom stereocenters. The number of ketones is 1. The van der Waals surface area contributed by atoms with Gasteiger partial charge in [0, 0.05) is 12.0 Å². The molecule has 8 nitrogen and oxygen atoms in total. The van der Waals surface area contributed by atoms with Crippen molar-refractivity contribution >= 4 is 22.9 Å². The molecule has 0 aromatic heterocycles. The minimum Gasteiger partial charge on any atom is -0.546 e. The number of carbonyl (C=O) groups is 2. The van der Waals surface area contributed by atoms with Gasteiger partial charge in [-0.15, -0.1) is 0 Å². The number of aliphatic hydroxyl groups excluding tert-OH is 1. The van der Waals surface area contributed by atoms with Gasteiger partial charge in [0.1, 0.15) is 12.4 Å². The maximum absolute atomic E-state index is 12.7. The van der Waals surface area contributed by atoms with E-state index in [4.69, 9.17) is 18.9 Å². The van der Waals surface area contributed by atoms with E-state index in [0.29, 0.717) is 45.3 Å². The second kappa shape index (κ2) is 10.7. The molecule has 1 aliphatic carbocycles. The molecule has 0 saturated carbocycles. The standard InChI is InChI=1S/C22H22O8.Na/c1-27-17-8-13(9-18(28-2)22(17)29-3)21-16(24)10-15(23)20(21)12-4-6-14(7-5-12)30-11-19(25)26;/h4-9,15,23H,10-11H2,1-3H3,(H,25,26);/q;+1/p-1. The average Bonchev–Trinajstić information content (AvgIpc) is 3.04. The minimum absolute atomic E-state index is 0. The second-order valence-electron chi connectivity index (χ2n) is 6.53. The molecule has 0 aliphatic heterocycles. The number of carboxylic acid groups (broad SMARTS) is 1. The van der Waals surface area contributed by atoms with E-state index in [1.807, 2.05) is 0 Å². The predicted molar refractivity (Wildman–Crippen MR) is 105 cm³/mol. The predicted octanol–water partition coefficient (Wildman–Crippen LogP) is -1.91. The summed E-state index contributed by atoms with van der Waals surface area (Å²) < 4.78 is 21.1. The zero-order valence-corrected chi connectivity index (χ0v) is 19.8. The van der Waals surface area contributed by atoms with Crippen LogP contribution in [0.25, 0.3) is 11.1 Å². The van der Waals surface area contributed by atoms with E-state index in [2.05, 4.69) is 0 Å². The Hall–Kier alpha value is -2.52. The third kappa shape index (κ3) is 5.22. The normalized spacial score (nSPS) is 15.4. The number of aliphatic carboxylic acids is 1. The molecule has 158 valence electrons. The molecule has 1 N–H and O–H groups in total. The smallest absolute Gasteiger partial charge is 0.546 e. The van der Waals surface area contributed by atoms with Crippen molar-refractivity contribution in [2.24, 2.45) is 0 Å². The molecule has 0 fully saturated rings. The first kappa shape index (κ1) is 24.7. The summed E-state index contributed by atoms with van der Waals surface area (Å²) >= 11 is 0. The number of hydrogen-bond donors (Lipinski definition) is 1. The van der Waals surface area contributed by atoms with Gasteiger partial charge in [-0.05, 0) is 41.0 Å². The molecule has 0 radical (unpaired) electrons. The molecule has 2 aromatic carbocycles. The Bertz CT molecular complexity index is 972. The van der Waals surface area contributed by atoms with Crippen LogP contribution in [0.5, 0.6) is 23.0 Å². The first-order chi connectivity index (χ1) is 14.4. The van der Waals surface area contributed by atoms with Crippen molar-refractivity contribution in [1.29, 1.82) is 0 Å². The Morgan fingerprint density at radius 3 is 2.10 bits per heavy atom. The topological polar surface area (TPSA) is 114 Å². The van der Waals surface area contributed by atoms with Crippen LogP contribution in [0.3, 0.4) is 0 Å². The summed E-state index contributed by atoms with van der Waals surface area (Å²) in [5.41, 5.74) is 1.95.